The highest BCUT2D eigenvalue weighted by Gasteiger charge is 2.17. The SMILES string of the molecule is Cc1nccnc1/C=N\c1ccccc1O[Si](C)(C)C. The lowest BCUT2D eigenvalue weighted by atomic mass is 10.3. The summed E-state index contributed by atoms with van der Waals surface area (Å²) in [6.45, 7) is 8.37. The van der Waals surface area contributed by atoms with E-state index in [-0.39, 0.29) is 0 Å². The van der Waals surface area contributed by atoms with Crippen molar-refractivity contribution in [2.75, 3.05) is 0 Å². The van der Waals surface area contributed by atoms with Gasteiger partial charge in [0.1, 0.15) is 17.1 Å². The molecule has 0 aliphatic heterocycles. The molecule has 0 bridgehead atoms. The van der Waals surface area contributed by atoms with Gasteiger partial charge in [-0.3, -0.25) is 15.0 Å². The van der Waals surface area contributed by atoms with Gasteiger partial charge in [-0.2, -0.15) is 0 Å². The van der Waals surface area contributed by atoms with Gasteiger partial charge in [-0.05, 0) is 38.7 Å². The monoisotopic (exact) mass is 285 g/mol. The van der Waals surface area contributed by atoms with Crippen LogP contribution in [-0.2, 0) is 0 Å². The molecule has 1 heterocycles. The molecule has 0 radical (unpaired) electrons. The summed E-state index contributed by atoms with van der Waals surface area (Å²) in [4.78, 5) is 12.9. The maximum Gasteiger partial charge on any atom is 0.242 e. The Kier molecular flexibility index (Phi) is 4.29. The fourth-order valence-corrected chi connectivity index (χ4v) is 2.49. The molecule has 0 unspecified atom stereocenters. The number of benzene rings is 1. The summed E-state index contributed by atoms with van der Waals surface area (Å²) in [7, 11) is -1.65. The topological polar surface area (TPSA) is 47.4 Å². The van der Waals surface area contributed by atoms with E-state index in [2.05, 4.69) is 34.6 Å². The number of aliphatic imine (C=N–C) groups is 1. The van der Waals surface area contributed by atoms with Gasteiger partial charge < -0.3 is 4.43 Å². The molecule has 0 saturated heterocycles. The molecule has 1 aromatic carbocycles. The van der Waals surface area contributed by atoms with Crippen LogP contribution in [0.1, 0.15) is 11.4 Å². The average molecular weight is 285 g/mol. The average Bonchev–Trinajstić information content (AvgIpc) is 2.37. The van der Waals surface area contributed by atoms with E-state index in [0.29, 0.717) is 0 Å². The first-order valence-electron chi connectivity index (χ1n) is 6.55. The van der Waals surface area contributed by atoms with Crippen molar-refractivity contribution in [2.24, 2.45) is 4.99 Å². The second-order valence-electron chi connectivity index (χ2n) is 5.47. The highest BCUT2D eigenvalue weighted by atomic mass is 28.4. The van der Waals surface area contributed by atoms with Crippen LogP contribution in [0.5, 0.6) is 5.75 Å². The van der Waals surface area contributed by atoms with Crippen LogP contribution in [0.3, 0.4) is 0 Å². The van der Waals surface area contributed by atoms with Gasteiger partial charge in [-0.1, -0.05) is 12.1 Å². The minimum Gasteiger partial charge on any atom is -0.543 e. The van der Waals surface area contributed by atoms with Crippen LogP contribution in [0, 0.1) is 6.92 Å². The zero-order chi connectivity index (χ0) is 14.6. The van der Waals surface area contributed by atoms with Gasteiger partial charge in [0.15, 0.2) is 0 Å². The van der Waals surface area contributed by atoms with Gasteiger partial charge in [0.2, 0.25) is 8.32 Å². The van der Waals surface area contributed by atoms with Crippen LogP contribution in [-0.4, -0.2) is 24.5 Å². The summed E-state index contributed by atoms with van der Waals surface area (Å²) in [6, 6.07) is 7.81. The normalized spacial score (nSPS) is 11.8. The molecule has 2 aromatic rings. The number of rotatable bonds is 4. The second-order valence-corrected chi connectivity index (χ2v) is 9.90. The van der Waals surface area contributed by atoms with E-state index in [1.165, 1.54) is 0 Å². The third-order valence-electron chi connectivity index (χ3n) is 2.53. The number of para-hydroxylation sites is 2. The van der Waals surface area contributed by atoms with E-state index in [1.807, 2.05) is 31.2 Å². The highest BCUT2D eigenvalue weighted by Crippen LogP contribution is 2.29. The Morgan fingerprint density at radius 2 is 1.80 bits per heavy atom. The summed E-state index contributed by atoms with van der Waals surface area (Å²) in [5, 5.41) is 0. The lowest BCUT2D eigenvalue weighted by molar-refractivity contribution is 0.559. The van der Waals surface area contributed by atoms with Crippen molar-refractivity contribution in [2.45, 2.75) is 26.6 Å². The Morgan fingerprint density at radius 3 is 2.50 bits per heavy atom. The molecule has 4 nitrogen and oxygen atoms in total. The number of hydrogen-bond acceptors (Lipinski definition) is 4. The molecule has 0 fully saturated rings. The number of aromatic nitrogens is 2. The van der Waals surface area contributed by atoms with Crippen LogP contribution in [0.25, 0.3) is 0 Å². The highest BCUT2D eigenvalue weighted by molar-refractivity contribution is 6.70. The van der Waals surface area contributed by atoms with Crippen LogP contribution in [0.4, 0.5) is 5.69 Å². The Balaban J connectivity index is 2.28. The van der Waals surface area contributed by atoms with E-state index < -0.39 is 8.32 Å². The number of hydrogen-bond donors (Lipinski definition) is 0. The molecular weight excluding hydrogens is 266 g/mol. The Morgan fingerprint density at radius 1 is 1.10 bits per heavy atom. The maximum atomic E-state index is 6.04. The first kappa shape index (κ1) is 14.4. The quantitative estimate of drug-likeness (QED) is 0.635. The van der Waals surface area contributed by atoms with Crippen molar-refractivity contribution in [3.63, 3.8) is 0 Å². The molecule has 2 rings (SSSR count). The summed E-state index contributed by atoms with van der Waals surface area (Å²) >= 11 is 0. The number of aryl methyl sites for hydroxylation is 1. The van der Waals surface area contributed by atoms with Crippen LogP contribution < -0.4 is 4.43 Å². The molecule has 5 heteroatoms. The zero-order valence-electron chi connectivity index (χ0n) is 12.3. The summed E-state index contributed by atoms with van der Waals surface area (Å²) in [5.41, 5.74) is 2.45. The Hall–Kier alpha value is -2.01. The van der Waals surface area contributed by atoms with Gasteiger partial charge >= 0.3 is 0 Å². The van der Waals surface area contributed by atoms with Gasteiger partial charge in [-0.25, -0.2) is 0 Å². The molecular formula is C15H19N3OSi. The third-order valence-corrected chi connectivity index (χ3v) is 3.36. The molecule has 0 N–H and O–H groups in total. The lowest BCUT2D eigenvalue weighted by Gasteiger charge is -2.20. The molecule has 20 heavy (non-hydrogen) atoms. The molecule has 0 aliphatic rings. The fourth-order valence-electron chi connectivity index (χ4n) is 1.66. The minimum atomic E-state index is -1.65. The molecule has 0 spiro atoms. The van der Waals surface area contributed by atoms with Gasteiger partial charge in [-0.15, -0.1) is 0 Å². The first-order chi connectivity index (χ1) is 9.46. The van der Waals surface area contributed by atoms with Crippen molar-refractivity contribution >= 4 is 20.2 Å². The predicted molar refractivity (Wildman–Crippen MR) is 84.4 cm³/mol. The molecule has 1 aromatic heterocycles. The maximum absolute atomic E-state index is 6.04. The van der Waals surface area contributed by atoms with E-state index in [1.54, 1.807) is 18.6 Å². The molecule has 0 amide bonds. The first-order valence-corrected chi connectivity index (χ1v) is 9.96. The van der Waals surface area contributed by atoms with Crippen molar-refractivity contribution in [1.29, 1.82) is 0 Å². The van der Waals surface area contributed by atoms with Crippen molar-refractivity contribution < 1.29 is 4.43 Å². The molecule has 0 saturated carbocycles. The lowest BCUT2D eigenvalue weighted by Crippen LogP contribution is -2.29. The van der Waals surface area contributed by atoms with Gasteiger partial charge in [0.25, 0.3) is 0 Å². The van der Waals surface area contributed by atoms with Crippen molar-refractivity contribution in [3.05, 3.63) is 48.0 Å². The largest absolute Gasteiger partial charge is 0.543 e. The third kappa shape index (κ3) is 3.99. The van der Waals surface area contributed by atoms with Crippen LogP contribution in [0.15, 0.2) is 41.7 Å². The minimum absolute atomic E-state index is 0.773. The van der Waals surface area contributed by atoms with Crippen LogP contribution >= 0.6 is 0 Å². The fraction of sp³-hybridized carbons (Fsp3) is 0.267. The van der Waals surface area contributed by atoms with Crippen LogP contribution in [0.2, 0.25) is 19.6 Å². The Labute approximate surface area is 120 Å². The summed E-state index contributed by atoms with van der Waals surface area (Å²) in [6.07, 6.45) is 5.07. The van der Waals surface area contributed by atoms with E-state index >= 15 is 0 Å². The number of nitrogens with zero attached hydrogens (tertiary/aromatic N) is 3. The molecule has 104 valence electrons. The summed E-state index contributed by atoms with van der Waals surface area (Å²) < 4.78 is 6.04. The van der Waals surface area contributed by atoms with E-state index in [9.17, 15) is 0 Å². The standard InChI is InChI=1S/C15H19N3OSi/c1-12-14(17-10-9-16-12)11-18-13-7-5-6-8-15(13)19-20(2,3)4/h5-11H,1-4H3/b18-11-. The van der Waals surface area contributed by atoms with Crippen molar-refractivity contribution in [3.8, 4) is 5.75 Å². The van der Waals surface area contributed by atoms with Crippen molar-refractivity contribution in [1.82, 2.24) is 9.97 Å². The van der Waals surface area contributed by atoms with E-state index in [4.69, 9.17) is 4.43 Å². The smallest absolute Gasteiger partial charge is 0.242 e. The molecule has 0 atom stereocenters. The zero-order valence-corrected chi connectivity index (χ0v) is 13.3. The molecule has 0 aliphatic carbocycles. The van der Waals surface area contributed by atoms with E-state index in [0.717, 1.165) is 22.8 Å². The second kappa shape index (κ2) is 5.96. The summed E-state index contributed by atoms with van der Waals surface area (Å²) in [5.74, 6) is 0.824. The van der Waals surface area contributed by atoms with Gasteiger partial charge in [0.05, 0.1) is 11.9 Å². The predicted octanol–water partition coefficient (Wildman–Crippen LogP) is 3.75. The Bertz CT molecular complexity index is 621. The van der Waals surface area contributed by atoms with Gasteiger partial charge in [0, 0.05) is 12.4 Å².